The molecule has 0 amide bonds. The van der Waals surface area contributed by atoms with Gasteiger partial charge in [-0.05, 0) is 23.8 Å². The Kier molecular flexibility index (Phi) is 8.81. The lowest BCUT2D eigenvalue weighted by Crippen LogP contribution is -2.11. The minimum Gasteiger partial charge on any atom is -0.458 e. The maximum absolute atomic E-state index is 12.0. The molecular formula is C18H20O6. The van der Waals surface area contributed by atoms with Gasteiger partial charge >= 0.3 is 11.9 Å². The highest BCUT2D eigenvalue weighted by Gasteiger charge is 2.15. The molecule has 0 heterocycles. The molecular weight excluding hydrogens is 312 g/mol. The molecule has 0 spiro atoms. The zero-order valence-corrected chi connectivity index (χ0v) is 13.4. The fraction of sp³-hybridized carbons (Fsp3) is 0.222. The predicted molar refractivity (Wildman–Crippen MR) is 88.3 cm³/mol. The van der Waals surface area contributed by atoms with Crippen molar-refractivity contribution in [2.75, 3.05) is 19.8 Å². The van der Waals surface area contributed by atoms with E-state index < -0.39 is 11.9 Å². The van der Waals surface area contributed by atoms with E-state index in [1.165, 1.54) is 24.3 Å². The third-order valence-corrected chi connectivity index (χ3v) is 2.62. The first-order chi connectivity index (χ1) is 11.6. The van der Waals surface area contributed by atoms with E-state index in [-0.39, 0.29) is 37.6 Å². The zero-order valence-electron chi connectivity index (χ0n) is 13.4. The van der Waals surface area contributed by atoms with E-state index in [0.717, 1.165) is 0 Å². The number of esters is 2. The second-order valence-electron chi connectivity index (χ2n) is 4.53. The summed E-state index contributed by atoms with van der Waals surface area (Å²) in [7, 11) is 0. The molecule has 128 valence electrons. The maximum atomic E-state index is 12.0. The average Bonchev–Trinajstić information content (AvgIpc) is 2.60. The van der Waals surface area contributed by atoms with Crippen molar-refractivity contribution >= 4 is 11.9 Å². The molecule has 0 aliphatic heterocycles. The number of hydrogen-bond donors (Lipinski definition) is 0. The van der Waals surface area contributed by atoms with Crippen molar-refractivity contribution in [3.05, 3.63) is 72.9 Å². The Morgan fingerprint density at radius 2 is 1.29 bits per heavy atom. The summed E-state index contributed by atoms with van der Waals surface area (Å²) >= 11 is 0. The average molecular weight is 332 g/mol. The summed E-state index contributed by atoms with van der Waals surface area (Å²) < 4.78 is 9.96. The second kappa shape index (κ2) is 10.9. The minimum atomic E-state index is -0.582. The Morgan fingerprint density at radius 3 is 1.75 bits per heavy atom. The van der Waals surface area contributed by atoms with Crippen LogP contribution in [0.2, 0.25) is 0 Å². The molecule has 0 saturated heterocycles. The molecule has 0 aliphatic carbocycles. The van der Waals surface area contributed by atoms with Gasteiger partial charge in [0.1, 0.15) is 26.4 Å². The minimum absolute atomic E-state index is 0.0398. The molecule has 1 rings (SSSR count). The number of carbonyl (C=O) groups excluding carboxylic acids is 2. The van der Waals surface area contributed by atoms with Crippen molar-refractivity contribution in [2.45, 2.75) is 6.61 Å². The molecule has 0 radical (unpaired) electrons. The maximum Gasteiger partial charge on any atom is 0.338 e. The van der Waals surface area contributed by atoms with Gasteiger partial charge in [0, 0.05) is 0 Å². The van der Waals surface area contributed by atoms with Gasteiger partial charge in [-0.25, -0.2) is 19.4 Å². The van der Waals surface area contributed by atoms with Crippen LogP contribution in [-0.4, -0.2) is 31.8 Å². The van der Waals surface area contributed by atoms with E-state index in [0.29, 0.717) is 5.56 Å². The first kappa shape index (κ1) is 19.3. The van der Waals surface area contributed by atoms with Crippen LogP contribution in [0.4, 0.5) is 0 Å². The van der Waals surface area contributed by atoms with Gasteiger partial charge in [-0.1, -0.05) is 31.4 Å². The Bertz CT molecular complexity index is 563. The number of ether oxygens (including phenoxy) is 2. The molecule has 0 bridgehead atoms. The van der Waals surface area contributed by atoms with E-state index in [4.69, 9.17) is 19.2 Å². The molecule has 0 aromatic heterocycles. The van der Waals surface area contributed by atoms with Gasteiger partial charge in [-0.3, -0.25) is 0 Å². The monoisotopic (exact) mass is 332 g/mol. The molecule has 0 atom stereocenters. The van der Waals surface area contributed by atoms with Gasteiger partial charge in [0.15, 0.2) is 0 Å². The summed E-state index contributed by atoms with van der Waals surface area (Å²) in [5, 5.41) is 0. The van der Waals surface area contributed by atoms with Crippen molar-refractivity contribution in [3.63, 3.8) is 0 Å². The van der Waals surface area contributed by atoms with E-state index >= 15 is 0 Å². The standard InChI is InChI=1S/C18H20O6/c1-4-7-21-17(19)15-10-14(13-24-23-9-6-3)11-16(12-15)18(20)22-8-5-2/h4-6,10-12H,1-3,7-9,13H2. The predicted octanol–water partition coefficient (Wildman–Crippen LogP) is 3.01. The van der Waals surface area contributed by atoms with E-state index in [1.54, 1.807) is 12.1 Å². The third kappa shape index (κ3) is 6.60. The van der Waals surface area contributed by atoms with Gasteiger partial charge in [0.05, 0.1) is 11.1 Å². The Morgan fingerprint density at radius 1 is 0.792 bits per heavy atom. The van der Waals surface area contributed by atoms with Crippen molar-refractivity contribution in [3.8, 4) is 0 Å². The van der Waals surface area contributed by atoms with Crippen LogP contribution >= 0.6 is 0 Å². The topological polar surface area (TPSA) is 71.1 Å². The second-order valence-corrected chi connectivity index (χ2v) is 4.53. The molecule has 0 fully saturated rings. The van der Waals surface area contributed by atoms with Gasteiger partial charge in [-0.2, -0.15) is 0 Å². The Balaban J connectivity index is 2.96. The molecule has 24 heavy (non-hydrogen) atoms. The fourth-order valence-electron chi connectivity index (χ4n) is 1.65. The zero-order chi connectivity index (χ0) is 17.8. The lowest BCUT2D eigenvalue weighted by Gasteiger charge is -2.09. The van der Waals surface area contributed by atoms with Crippen molar-refractivity contribution in [1.29, 1.82) is 0 Å². The third-order valence-electron chi connectivity index (χ3n) is 2.62. The van der Waals surface area contributed by atoms with E-state index in [2.05, 4.69) is 19.7 Å². The highest BCUT2D eigenvalue weighted by atomic mass is 17.2. The van der Waals surface area contributed by atoms with Gasteiger partial charge < -0.3 is 9.47 Å². The number of hydrogen-bond acceptors (Lipinski definition) is 6. The molecule has 0 unspecified atom stereocenters. The van der Waals surface area contributed by atoms with Crippen LogP contribution < -0.4 is 0 Å². The molecule has 0 aliphatic rings. The fourth-order valence-corrected chi connectivity index (χ4v) is 1.65. The highest BCUT2D eigenvalue weighted by molar-refractivity contribution is 5.95. The molecule has 1 aromatic rings. The molecule has 0 saturated carbocycles. The molecule has 1 aromatic carbocycles. The van der Waals surface area contributed by atoms with Crippen molar-refractivity contribution in [1.82, 2.24) is 0 Å². The summed E-state index contributed by atoms with van der Waals surface area (Å²) in [5.41, 5.74) is 0.956. The number of rotatable bonds is 11. The van der Waals surface area contributed by atoms with E-state index in [9.17, 15) is 9.59 Å². The van der Waals surface area contributed by atoms with Gasteiger partial charge in [0.2, 0.25) is 0 Å². The lowest BCUT2D eigenvalue weighted by molar-refractivity contribution is -0.295. The van der Waals surface area contributed by atoms with Gasteiger partial charge in [-0.15, -0.1) is 6.58 Å². The number of benzene rings is 1. The first-order valence-corrected chi connectivity index (χ1v) is 7.17. The Hall–Kier alpha value is -2.70. The summed E-state index contributed by atoms with van der Waals surface area (Å²) in [6.45, 7) is 10.8. The van der Waals surface area contributed by atoms with E-state index in [1.807, 2.05) is 0 Å². The largest absolute Gasteiger partial charge is 0.458 e. The van der Waals surface area contributed by atoms with Crippen LogP contribution in [0.1, 0.15) is 26.3 Å². The Labute approximate surface area is 140 Å². The van der Waals surface area contributed by atoms with Crippen LogP contribution in [0.25, 0.3) is 0 Å². The van der Waals surface area contributed by atoms with Crippen molar-refractivity contribution in [2.24, 2.45) is 0 Å². The first-order valence-electron chi connectivity index (χ1n) is 7.17. The smallest absolute Gasteiger partial charge is 0.338 e. The van der Waals surface area contributed by atoms with Crippen LogP contribution in [0, 0.1) is 0 Å². The van der Waals surface area contributed by atoms with Crippen LogP contribution in [0.3, 0.4) is 0 Å². The molecule has 6 nitrogen and oxygen atoms in total. The van der Waals surface area contributed by atoms with Crippen LogP contribution in [0.5, 0.6) is 0 Å². The summed E-state index contributed by atoms with van der Waals surface area (Å²) in [6, 6.07) is 4.49. The molecule has 6 heteroatoms. The van der Waals surface area contributed by atoms with Crippen LogP contribution in [-0.2, 0) is 25.9 Å². The summed E-state index contributed by atoms with van der Waals surface area (Å²) in [4.78, 5) is 33.8. The summed E-state index contributed by atoms with van der Waals surface area (Å²) in [5.74, 6) is -1.16. The summed E-state index contributed by atoms with van der Waals surface area (Å²) in [6.07, 6.45) is 4.43. The SMILES string of the molecule is C=CCOOCc1cc(C(=O)OCC=C)cc(C(=O)OCC=C)c1. The van der Waals surface area contributed by atoms with Crippen molar-refractivity contribution < 1.29 is 28.8 Å². The highest BCUT2D eigenvalue weighted by Crippen LogP contribution is 2.14. The molecule has 0 N–H and O–H groups in total. The lowest BCUT2D eigenvalue weighted by atomic mass is 10.1. The number of carbonyl (C=O) groups is 2. The van der Waals surface area contributed by atoms with Gasteiger partial charge in [0.25, 0.3) is 0 Å². The van der Waals surface area contributed by atoms with Crippen LogP contribution in [0.15, 0.2) is 56.2 Å². The normalized spacial score (nSPS) is 9.83. The quantitative estimate of drug-likeness (QED) is 0.204.